The maximum Gasteiger partial charge on any atom is 0.340 e. The topological polar surface area (TPSA) is 75.7 Å². The van der Waals surface area contributed by atoms with Crippen LogP contribution >= 0.6 is 11.6 Å². The molecule has 7 heteroatoms. The summed E-state index contributed by atoms with van der Waals surface area (Å²) in [5.41, 5.74) is 1.86. The van der Waals surface area contributed by atoms with Crippen LogP contribution in [0.5, 0.6) is 0 Å². The van der Waals surface area contributed by atoms with Crippen LogP contribution in [0.25, 0.3) is 0 Å². The lowest BCUT2D eigenvalue weighted by Gasteiger charge is -2.18. The van der Waals surface area contributed by atoms with Crippen LogP contribution in [0.15, 0.2) is 48.5 Å². The lowest BCUT2D eigenvalue weighted by atomic mass is 10.1. The normalized spacial score (nSPS) is 13.5. The van der Waals surface area contributed by atoms with Gasteiger partial charge in [-0.05, 0) is 42.7 Å². The number of nitrogens with zero attached hydrogens (tertiary/aromatic N) is 1. The van der Waals surface area contributed by atoms with Crippen molar-refractivity contribution in [3.63, 3.8) is 0 Å². The number of carbonyl (C=O) groups excluding carboxylic acids is 3. The summed E-state index contributed by atoms with van der Waals surface area (Å²) in [6.07, 6.45) is 1.88. The van der Waals surface area contributed by atoms with E-state index in [2.05, 4.69) is 5.32 Å². The summed E-state index contributed by atoms with van der Waals surface area (Å²) < 4.78 is 5.14. The first-order chi connectivity index (χ1) is 13.5. The Morgan fingerprint density at radius 3 is 2.57 bits per heavy atom. The summed E-state index contributed by atoms with van der Waals surface area (Å²) in [7, 11) is 0. The molecule has 1 aliphatic heterocycles. The molecule has 1 N–H and O–H groups in total. The molecule has 0 aromatic heterocycles. The molecule has 1 heterocycles. The standard InChI is InChI=1S/C21H21ClN2O4/c22-16-9-7-15(8-10-16)11-12-23-19(25)14-28-21(27)17-4-1-2-5-18(17)24-13-3-6-20(24)26/h1-2,4-5,7-10H,3,6,11-14H2,(H,23,25). The summed E-state index contributed by atoms with van der Waals surface area (Å²) in [6, 6.07) is 14.2. The molecule has 0 aliphatic carbocycles. The fourth-order valence-corrected chi connectivity index (χ4v) is 3.17. The van der Waals surface area contributed by atoms with Crippen molar-refractivity contribution in [1.82, 2.24) is 5.32 Å². The number of hydrogen-bond acceptors (Lipinski definition) is 4. The van der Waals surface area contributed by atoms with Gasteiger partial charge in [0.15, 0.2) is 6.61 Å². The van der Waals surface area contributed by atoms with Crippen LogP contribution in [0.2, 0.25) is 5.02 Å². The van der Waals surface area contributed by atoms with Crippen molar-refractivity contribution in [2.75, 3.05) is 24.6 Å². The number of halogens is 1. The Hall–Kier alpha value is -2.86. The SMILES string of the molecule is O=C(COC(=O)c1ccccc1N1CCCC1=O)NCCc1ccc(Cl)cc1. The van der Waals surface area contributed by atoms with Gasteiger partial charge in [0.25, 0.3) is 5.91 Å². The Morgan fingerprint density at radius 2 is 1.86 bits per heavy atom. The lowest BCUT2D eigenvalue weighted by molar-refractivity contribution is -0.124. The van der Waals surface area contributed by atoms with E-state index in [-0.39, 0.29) is 24.0 Å². The first kappa shape index (κ1) is 19.9. The van der Waals surface area contributed by atoms with Crippen molar-refractivity contribution in [3.8, 4) is 0 Å². The number of ether oxygens (including phenoxy) is 1. The highest BCUT2D eigenvalue weighted by Gasteiger charge is 2.26. The van der Waals surface area contributed by atoms with Crippen molar-refractivity contribution in [2.45, 2.75) is 19.3 Å². The average Bonchev–Trinajstić information content (AvgIpc) is 3.13. The van der Waals surface area contributed by atoms with Gasteiger partial charge in [-0.2, -0.15) is 0 Å². The van der Waals surface area contributed by atoms with Gasteiger partial charge >= 0.3 is 5.97 Å². The van der Waals surface area contributed by atoms with Crippen molar-refractivity contribution in [1.29, 1.82) is 0 Å². The van der Waals surface area contributed by atoms with Gasteiger partial charge in [-0.15, -0.1) is 0 Å². The van der Waals surface area contributed by atoms with E-state index < -0.39 is 5.97 Å². The van der Waals surface area contributed by atoms with Crippen molar-refractivity contribution in [3.05, 3.63) is 64.7 Å². The van der Waals surface area contributed by atoms with E-state index in [9.17, 15) is 14.4 Å². The number of nitrogens with one attached hydrogen (secondary N) is 1. The quantitative estimate of drug-likeness (QED) is 0.725. The number of para-hydroxylation sites is 1. The molecule has 0 radical (unpaired) electrons. The van der Waals surface area contributed by atoms with Gasteiger partial charge in [0.05, 0.1) is 11.3 Å². The molecule has 2 aromatic carbocycles. The van der Waals surface area contributed by atoms with E-state index in [4.69, 9.17) is 16.3 Å². The predicted molar refractivity (Wildman–Crippen MR) is 106 cm³/mol. The number of amides is 2. The minimum atomic E-state index is -0.622. The highest BCUT2D eigenvalue weighted by Crippen LogP contribution is 2.25. The van der Waals surface area contributed by atoms with Crippen LogP contribution in [0, 0.1) is 0 Å². The maximum absolute atomic E-state index is 12.4. The molecule has 28 heavy (non-hydrogen) atoms. The molecule has 3 rings (SSSR count). The van der Waals surface area contributed by atoms with E-state index >= 15 is 0 Å². The molecule has 0 spiro atoms. The summed E-state index contributed by atoms with van der Waals surface area (Å²) >= 11 is 5.84. The van der Waals surface area contributed by atoms with E-state index in [0.717, 1.165) is 12.0 Å². The highest BCUT2D eigenvalue weighted by atomic mass is 35.5. The van der Waals surface area contributed by atoms with Gasteiger partial charge < -0.3 is 15.0 Å². The van der Waals surface area contributed by atoms with Crippen LogP contribution in [0.3, 0.4) is 0 Å². The van der Waals surface area contributed by atoms with E-state index in [1.54, 1.807) is 41.3 Å². The summed E-state index contributed by atoms with van der Waals surface area (Å²) in [6.45, 7) is 0.632. The molecule has 1 fully saturated rings. The number of esters is 1. The van der Waals surface area contributed by atoms with Crippen molar-refractivity contribution >= 4 is 35.1 Å². The molecular weight excluding hydrogens is 380 g/mol. The monoisotopic (exact) mass is 400 g/mol. The summed E-state index contributed by atoms with van der Waals surface area (Å²) in [5, 5.41) is 3.38. The Morgan fingerprint density at radius 1 is 1.11 bits per heavy atom. The van der Waals surface area contributed by atoms with Gasteiger partial charge in [-0.25, -0.2) is 4.79 Å². The molecule has 2 aromatic rings. The van der Waals surface area contributed by atoms with Crippen LogP contribution in [0.4, 0.5) is 5.69 Å². The summed E-state index contributed by atoms with van der Waals surface area (Å²) in [5.74, 6) is -1.01. The number of carbonyl (C=O) groups is 3. The van der Waals surface area contributed by atoms with Gasteiger partial charge in [-0.3, -0.25) is 9.59 Å². The molecule has 0 atom stereocenters. The van der Waals surface area contributed by atoms with Crippen LogP contribution < -0.4 is 10.2 Å². The third-order valence-electron chi connectivity index (χ3n) is 4.47. The third kappa shape index (κ3) is 5.10. The molecule has 6 nitrogen and oxygen atoms in total. The Balaban J connectivity index is 1.49. The number of benzene rings is 2. The average molecular weight is 401 g/mol. The molecule has 1 aliphatic rings. The van der Waals surface area contributed by atoms with E-state index in [0.29, 0.717) is 36.6 Å². The molecular formula is C21H21ClN2O4. The highest BCUT2D eigenvalue weighted by molar-refractivity contribution is 6.30. The first-order valence-electron chi connectivity index (χ1n) is 9.12. The van der Waals surface area contributed by atoms with Gasteiger partial charge in [-0.1, -0.05) is 35.9 Å². The van der Waals surface area contributed by atoms with Gasteiger partial charge in [0, 0.05) is 24.5 Å². The van der Waals surface area contributed by atoms with Crippen molar-refractivity contribution in [2.24, 2.45) is 0 Å². The molecule has 1 saturated heterocycles. The zero-order valence-corrected chi connectivity index (χ0v) is 16.1. The van der Waals surface area contributed by atoms with Crippen molar-refractivity contribution < 1.29 is 19.1 Å². The Labute approximate surface area is 168 Å². The Bertz CT molecular complexity index is 867. The minimum Gasteiger partial charge on any atom is -0.452 e. The second-order valence-electron chi connectivity index (χ2n) is 6.47. The lowest BCUT2D eigenvalue weighted by Crippen LogP contribution is -2.31. The fourth-order valence-electron chi connectivity index (χ4n) is 3.04. The van der Waals surface area contributed by atoms with Crippen LogP contribution in [0.1, 0.15) is 28.8 Å². The third-order valence-corrected chi connectivity index (χ3v) is 4.72. The molecule has 2 amide bonds. The van der Waals surface area contributed by atoms with Crippen LogP contribution in [-0.2, 0) is 20.7 Å². The van der Waals surface area contributed by atoms with E-state index in [1.165, 1.54) is 0 Å². The fraction of sp³-hybridized carbons (Fsp3) is 0.286. The zero-order valence-electron chi connectivity index (χ0n) is 15.3. The zero-order chi connectivity index (χ0) is 19.9. The van der Waals surface area contributed by atoms with Gasteiger partial charge in [0.1, 0.15) is 0 Å². The number of hydrogen-bond donors (Lipinski definition) is 1. The number of anilines is 1. The first-order valence-corrected chi connectivity index (χ1v) is 9.50. The van der Waals surface area contributed by atoms with Crippen LogP contribution in [-0.4, -0.2) is 37.5 Å². The smallest absolute Gasteiger partial charge is 0.340 e. The maximum atomic E-state index is 12.4. The molecule has 0 bridgehead atoms. The second-order valence-corrected chi connectivity index (χ2v) is 6.91. The van der Waals surface area contributed by atoms with Gasteiger partial charge in [0.2, 0.25) is 5.91 Å². The molecule has 0 saturated carbocycles. The largest absolute Gasteiger partial charge is 0.452 e. The predicted octanol–water partition coefficient (Wildman–Crippen LogP) is 2.98. The summed E-state index contributed by atoms with van der Waals surface area (Å²) in [4.78, 5) is 37.9. The number of rotatable bonds is 7. The molecule has 0 unspecified atom stereocenters. The second kappa shape index (κ2) is 9.37. The van der Waals surface area contributed by atoms with E-state index in [1.807, 2.05) is 12.1 Å². The Kier molecular flexibility index (Phi) is 6.66. The minimum absolute atomic E-state index is 0.0137. The molecule has 146 valence electrons.